The van der Waals surface area contributed by atoms with E-state index in [1.807, 2.05) is 0 Å². The lowest BCUT2D eigenvalue weighted by molar-refractivity contribution is -0.137. The lowest BCUT2D eigenvalue weighted by Crippen LogP contribution is -2.26. The number of amides is 1. The van der Waals surface area contributed by atoms with Crippen molar-refractivity contribution in [3.05, 3.63) is 70.2 Å². The second kappa shape index (κ2) is 6.40. The molecule has 0 aromatic heterocycles. The Labute approximate surface area is 131 Å². The maximum Gasteiger partial charge on any atom is 0.416 e. The monoisotopic (exact) mass is 327 g/mol. The van der Waals surface area contributed by atoms with Gasteiger partial charge in [-0.1, -0.05) is 29.8 Å². The minimum atomic E-state index is -4.40. The summed E-state index contributed by atoms with van der Waals surface area (Å²) in [6, 6.07) is 11.3. The van der Waals surface area contributed by atoms with Gasteiger partial charge in [-0.2, -0.15) is 13.2 Å². The third kappa shape index (κ3) is 4.01. The quantitative estimate of drug-likeness (QED) is 0.804. The summed E-state index contributed by atoms with van der Waals surface area (Å²) in [7, 11) is 1.53. The molecule has 2 aromatic carbocycles. The molecule has 2 nitrogen and oxygen atoms in total. The van der Waals surface area contributed by atoms with Crippen molar-refractivity contribution >= 4 is 17.5 Å². The Hall–Kier alpha value is -2.01. The summed E-state index contributed by atoms with van der Waals surface area (Å²) in [5.41, 5.74) is 0.0725. The Kier molecular flexibility index (Phi) is 4.76. The van der Waals surface area contributed by atoms with E-state index in [0.717, 1.165) is 12.1 Å². The van der Waals surface area contributed by atoms with Crippen LogP contribution in [0.2, 0.25) is 5.02 Å². The fourth-order valence-corrected chi connectivity index (χ4v) is 2.22. The van der Waals surface area contributed by atoms with E-state index in [0.29, 0.717) is 16.1 Å². The van der Waals surface area contributed by atoms with Crippen LogP contribution in [0.1, 0.15) is 21.5 Å². The standard InChI is InChI=1S/C16H13ClF3NO/c1-21(15(22)12-5-3-7-14(17)9-12)10-11-4-2-6-13(8-11)16(18,19)20/h2-9H,10H2,1H3. The van der Waals surface area contributed by atoms with E-state index in [1.165, 1.54) is 24.1 Å². The summed E-state index contributed by atoms with van der Waals surface area (Å²) >= 11 is 5.83. The smallest absolute Gasteiger partial charge is 0.337 e. The Morgan fingerprint density at radius 1 is 1.14 bits per heavy atom. The van der Waals surface area contributed by atoms with Crippen molar-refractivity contribution in [3.8, 4) is 0 Å². The molecule has 116 valence electrons. The molecule has 0 radical (unpaired) electrons. The third-order valence-electron chi connectivity index (χ3n) is 3.09. The van der Waals surface area contributed by atoms with Crippen molar-refractivity contribution < 1.29 is 18.0 Å². The van der Waals surface area contributed by atoms with Crippen LogP contribution in [0.3, 0.4) is 0 Å². The van der Waals surface area contributed by atoms with E-state index in [1.54, 1.807) is 24.3 Å². The lowest BCUT2D eigenvalue weighted by Gasteiger charge is -2.18. The zero-order valence-electron chi connectivity index (χ0n) is 11.7. The number of nitrogens with zero attached hydrogens (tertiary/aromatic N) is 1. The molecule has 0 saturated heterocycles. The van der Waals surface area contributed by atoms with E-state index in [-0.39, 0.29) is 12.5 Å². The van der Waals surface area contributed by atoms with Crippen LogP contribution in [-0.4, -0.2) is 17.9 Å². The first-order valence-electron chi connectivity index (χ1n) is 6.44. The Morgan fingerprint density at radius 2 is 1.82 bits per heavy atom. The van der Waals surface area contributed by atoms with E-state index in [2.05, 4.69) is 0 Å². The fourth-order valence-electron chi connectivity index (χ4n) is 2.03. The highest BCUT2D eigenvalue weighted by atomic mass is 35.5. The van der Waals surface area contributed by atoms with Crippen molar-refractivity contribution in [2.24, 2.45) is 0 Å². The van der Waals surface area contributed by atoms with Gasteiger partial charge in [0, 0.05) is 24.2 Å². The largest absolute Gasteiger partial charge is 0.416 e. The second-order valence-electron chi connectivity index (χ2n) is 4.87. The van der Waals surface area contributed by atoms with Gasteiger partial charge in [0.15, 0.2) is 0 Å². The molecular formula is C16H13ClF3NO. The molecule has 2 aromatic rings. The number of hydrogen-bond acceptors (Lipinski definition) is 1. The number of carbonyl (C=O) groups excluding carboxylic acids is 1. The zero-order chi connectivity index (χ0) is 16.3. The summed E-state index contributed by atoms with van der Waals surface area (Å²) in [5.74, 6) is -0.306. The third-order valence-corrected chi connectivity index (χ3v) is 3.33. The molecule has 0 unspecified atom stereocenters. The summed E-state index contributed by atoms with van der Waals surface area (Å²) in [6.45, 7) is 0.0786. The van der Waals surface area contributed by atoms with Gasteiger partial charge < -0.3 is 4.90 Å². The SMILES string of the molecule is CN(Cc1cccc(C(F)(F)F)c1)C(=O)c1cccc(Cl)c1. The highest BCUT2D eigenvalue weighted by Crippen LogP contribution is 2.29. The highest BCUT2D eigenvalue weighted by Gasteiger charge is 2.30. The predicted molar refractivity (Wildman–Crippen MR) is 78.7 cm³/mol. The molecule has 0 spiro atoms. The molecule has 0 aliphatic heterocycles. The molecule has 0 aliphatic carbocycles. The van der Waals surface area contributed by atoms with Crippen LogP contribution in [0.25, 0.3) is 0 Å². The number of carbonyl (C=O) groups is 1. The summed E-state index contributed by atoms with van der Waals surface area (Å²) in [6.07, 6.45) is -4.40. The average molecular weight is 328 g/mol. The molecule has 6 heteroatoms. The van der Waals surface area contributed by atoms with Gasteiger partial charge in [0.25, 0.3) is 5.91 Å². The van der Waals surface area contributed by atoms with E-state index in [9.17, 15) is 18.0 Å². The topological polar surface area (TPSA) is 20.3 Å². The molecular weight excluding hydrogens is 315 g/mol. The highest BCUT2D eigenvalue weighted by molar-refractivity contribution is 6.30. The molecule has 22 heavy (non-hydrogen) atoms. The summed E-state index contributed by atoms with van der Waals surface area (Å²) in [4.78, 5) is 13.6. The molecule has 0 saturated carbocycles. The zero-order valence-corrected chi connectivity index (χ0v) is 12.4. The van der Waals surface area contributed by atoms with Crippen molar-refractivity contribution in [1.29, 1.82) is 0 Å². The number of rotatable bonds is 3. The maximum atomic E-state index is 12.7. The van der Waals surface area contributed by atoms with Crippen molar-refractivity contribution in [3.63, 3.8) is 0 Å². The van der Waals surface area contributed by atoms with Gasteiger partial charge in [0.1, 0.15) is 0 Å². The summed E-state index contributed by atoms with van der Waals surface area (Å²) < 4.78 is 38.0. The van der Waals surface area contributed by atoms with Crippen LogP contribution in [0.4, 0.5) is 13.2 Å². The van der Waals surface area contributed by atoms with Gasteiger partial charge in [0.2, 0.25) is 0 Å². The van der Waals surface area contributed by atoms with Gasteiger partial charge >= 0.3 is 6.18 Å². The Bertz CT molecular complexity index is 685. The van der Waals surface area contributed by atoms with E-state index in [4.69, 9.17) is 11.6 Å². The molecule has 2 rings (SSSR count). The van der Waals surface area contributed by atoms with Crippen molar-refractivity contribution in [2.75, 3.05) is 7.05 Å². The van der Waals surface area contributed by atoms with Gasteiger partial charge in [-0.3, -0.25) is 4.79 Å². The molecule has 0 heterocycles. The average Bonchev–Trinajstić information content (AvgIpc) is 2.46. The van der Waals surface area contributed by atoms with Crippen LogP contribution >= 0.6 is 11.6 Å². The van der Waals surface area contributed by atoms with Gasteiger partial charge in [-0.25, -0.2) is 0 Å². The minimum Gasteiger partial charge on any atom is -0.337 e. The molecule has 0 aliphatic rings. The fraction of sp³-hybridized carbons (Fsp3) is 0.188. The summed E-state index contributed by atoms with van der Waals surface area (Å²) in [5, 5.41) is 0.429. The van der Waals surface area contributed by atoms with E-state index >= 15 is 0 Å². The van der Waals surface area contributed by atoms with Gasteiger partial charge in [0.05, 0.1) is 5.56 Å². The first-order chi connectivity index (χ1) is 10.3. The minimum absolute atomic E-state index is 0.0786. The van der Waals surface area contributed by atoms with E-state index < -0.39 is 11.7 Å². The molecule has 0 bridgehead atoms. The van der Waals surface area contributed by atoms with Crippen LogP contribution in [0, 0.1) is 0 Å². The van der Waals surface area contributed by atoms with Gasteiger partial charge in [-0.05, 0) is 35.9 Å². The van der Waals surface area contributed by atoms with Crippen molar-refractivity contribution in [1.82, 2.24) is 4.90 Å². The predicted octanol–water partition coefficient (Wildman–Crippen LogP) is 4.63. The number of halogens is 4. The van der Waals surface area contributed by atoms with Crippen LogP contribution in [0.5, 0.6) is 0 Å². The molecule has 0 fully saturated rings. The Morgan fingerprint density at radius 3 is 2.45 bits per heavy atom. The maximum absolute atomic E-state index is 12.7. The molecule has 1 amide bonds. The molecule has 0 N–H and O–H groups in total. The van der Waals surface area contributed by atoms with Crippen LogP contribution < -0.4 is 0 Å². The number of benzene rings is 2. The molecule has 0 atom stereocenters. The lowest BCUT2D eigenvalue weighted by atomic mass is 10.1. The second-order valence-corrected chi connectivity index (χ2v) is 5.31. The normalized spacial score (nSPS) is 11.3. The number of hydrogen-bond donors (Lipinski definition) is 0. The van der Waals surface area contributed by atoms with Crippen molar-refractivity contribution in [2.45, 2.75) is 12.7 Å². The Balaban J connectivity index is 2.15. The van der Waals surface area contributed by atoms with Crippen LogP contribution in [0.15, 0.2) is 48.5 Å². The van der Waals surface area contributed by atoms with Gasteiger partial charge in [-0.15, -0.1) is 0 Å². The van der Waals surface area contributed by atoms with Crippen LogP contribution in [-0.2, 0) is 12.7 Å². The first-order valence-corrected chi connectivity index (χ1v) is 6.82. The first kappa shape index (κ1) is 16.4. The number of alkyl halides is 3.